The van der Waals surface area contributed by atoms with Gasteiger partial charge in [0.1, 0.15) is 0 Å². The molecule has 1 heterocycles. The molecule has 0 bridgehead atoms. The monoisotopic (exact) mass is 604 g/mol. The molecule has 11 heteroatoms. The molecule has 0 aliphatic heterocycles. The van der Waals surface area contributed by atoms with Gasteiger partial charge < -0.3 is 20.1 Å². The van der Waals surface area contributed by atoms with Gasteiger partial charge >= 0.3 is 6.18 Å². The van der Waals surface area contributed by atoms with Crippen molar-refractivity contribution in [2.75, 3.05) is 11.9 Å². The van der Waals surface area contributed by atoms with E-state index in [1.165, 1.54) is 12.1 Å². The number of nitrogens with zero attached hydrogens (tertiary/aromatic N) is 4. The van der Waals surface area contributed by atoms with Crippen molar-refractivity contribution in [2.45, 2.75) is 45.1 Å². The van der Waals surface area contributed by atoms with E-state index in [2.05, 4.69) is 21.7 Å². The van der Waals surface area contributed by atoms with Crippen LogP contribution < -0.4 is 10.6 Å². The molecule has 0 fully saturated rings. The lowest BCUT2D eigenvalue weighted by Crippen LogP contribution is -2.47. The molecule has 1 amide bonds. The van der Waals surface area contributed by atoms with Crippen molar-refractivity contribution in [1.29, 1.82) is 5.26 Å². The second kappa shape index (κ2) is 14.5. The van der Waals surface area contributed by atoms with Crippen molar-refractivity contribution in [3.8, 4) is 6.07 Å². The predicted molar refractivity (Wildman–Crippen MR) is 163 cm³/mol. The number of hydrogen-bond acceptors (Lipinski definition) is 4. The molecule has 4 aromatic rings. The van der Waals surface area contributed by atoms with E-state index in [-0.39, 0.29) is 36.1 Å². The summed E-state index contributed by atoms with van der Waals surface area (Å²) in [6.07, 6.45) is -0.650. The zero-order chi connectivity index (χ0) is 30.8. The van der Waals surface area contributed by atoms with Crippen LogP contribution in [0.5, 0.6) is 0 Å². The standard InChI is InChI=1S/C32H31F3N6OS/c1-2-26(38-30(42)16-28-18-37-22-41(28)19-24-14-12-23(17-36)13-15-24)21-40(31(43)39-27-9-4-3-5-10-27)20-25-8-6-7-11-29(25)32(33,34)35/h3-15,18,22,26H,2,16,19-21H2,1H3,(H,38,42)(H,39,43)/t26-/m0/s1. The van der Waals surface area contributed by atoms with Gasteiger partial charge in [0.05, 0.1) is 29.9 Å². The number of imidazole rings is 1. The van der Waals surface area contributed by atoms with E-state index in [4.69, 9.17) is 17.5 Å². The number of halogens is 3. The van der Waals surface area contributed by atoms with Crippen LogP contribution in [0, 0.1) is 11.3 Å². The van der Waals surface area contributed by atoms with Gasteiger partial charge in [-0.25, -0.2) is 4.98 Å². The van der Waals surface area contributed by atoms with Crippen molar-refractivity contribution in [3.05, 3.63) is 119 Å². The molecular formula is C32H31F3N6OS. The zero-order valence-corrected chi connectivity index (χ0v) is 24.3. The van der Waals surface area contributed by atoms with Crippen LogP contribution in [0.1, 0.15) is 41.3 Å². The lowest BCUT2D eigenvalue weighted by Gasteiger charge is -2.31. The van der Waals surface area contributed by atoms with Gasteiger partial charge in [-0.3, -0.25) is 4.79 Å². The zero-order valence-electron chi connectivity index (χ0n) is 23.5. The number of carbonyl (C=O) groups is 1. The number of thiocarbonyl (C=S) groups is 1. The molecule has 2 N–H and O–H groups in total. The molecule has 3 aromatic carbocycles. The van der Waals surface area contributed by atoms with Crippen LogP contribution in [0.25, 0.3) is 0 Å². The van der Waals surface area contributed by atoms with Gasteiger partial charge in [-0.2, -0.15) is 18.4 Å². The number of nitrogens with one attached hydrogen (secondary N) is 2. The lowest BCUT2D eigenvalue weighted by atomic mass is 10.1. The number of anilines is 1. The van der Waals surface area contributed by atoms with Crippen molar-refractivity contribution in [1.82, 2.24) is 19.8 Å². The first-order chi connectivity index (χ1) is 20.7. The predicted octanol–water partition coefficient (Wildman–Crippen LogP) is 6.16. The van der Waals surface area contributed by atoms with Gasteiger partial charge in [-0.05, 0) is 60.1 Å². The smallest absolute Gasteiger partial charge is 0.351 e. The highest BCUT2D eigenvalue weighted by Crippen LogP contribution is 2.32. The minimum Gasteiger partial charge on any atom is -0.351 e. The molecule has 1 atom stereocenters. The van der Waals surface area contributed by atoms with Gasteiger partial charge in [0.15, 0.2) is 5.11 Å². The van der Waals surface area contributed by atoms with E-state index >= 15 is 0 Å². The van der Waals surface area contributed by atoms with E-state index in [0.29, 0.717) is 29.9 Å². The van der Waals surface area contributed by atoms with E-state index in [9.17, 15) is 18.0 Å². The number of rotatable bonds is 11. The lowest BCUT2D eigenvalue weighted by molar-refractivity contribution is -0.138. The van der Waals surface area contributed by atoms with Gasteiger partial charge in [-0.15, -0.1) is 0 Å². The molecule has 0 aliphatic carbocycles. The molecule has 0 saturated carbocycles. The fraction of sp³-hybridized carbons (Fsp3) is 0.250. The van der Waals surface area contributed by atoms with Crippen LogP contribution in [0.2, 0.25) is 0 Å². The Bertz CT molecular complexity index is 1560. The third-order valence-corrected chi connectivity index (χ3v) is 7.23. The maximum atomic E-state index is 13.8. The molecule has 0 unspecified atom stereocenters. The number of carbonyl (C=O) groups excluding carboxylic acids is 1. The Morgan fingerprint density at radius 2 is 1.77 bits per heavy atom. The molecular weight excluding hydrogens is 573 g/mol. The summed E-state index contributed by atoms with van der Waals surface area (Å²) in [6.45, 7) is 2.47. The van der Waals surface area contributed by atoms with Crippen LogP contribution in [-0.4, -0.2) is 38.1 Å². The maximum absolute atomic E-state index is 13.8. The quantitative estimate of drug-likeness (QED) is 0.200. The summed E-state index contributed by atoms with van der Waals surface area (Å²) in [7, 11) is 0. The van der Waals surface area contributed by atoms with E-state index in [1.54, 1.807) is 35.6 Å². The normalized spacial score (nSPS) is 11.8. The van der Waals surface area contributed by atoms with Gasteiger partial charge in [-0.1, -0.05) is 55.5 Å². The third kappa shape index (κ3) is 8.90. The van der Waals surface area contributed by atoms with Crippen LogP contribution in [0.4, 0.5) is 18.9 Å². The number of amides is 1. The summed E-state index contributed by atoms with van der Waals surface area (Å²) in [5.41, 5.74) is 2.28. The van der Waals surface area contributed by atoms with Crippen LogP contribution >= 0.6 is 12.2 Å². The summed E-state index contributed by atoms with van der Waals surface area (Å²) in [5.74, 6) is -0.244. The summed E-state index contributed by atoms with van der Waals surface area (Å²) in [5, 5.41) is 15.4. The first-order valence-electron chi connectivity index (χ1n) is 13.7. The number of para-hydroxylation sites is 1. The molecule has 0 radical (unpaired) electrons. The molecule has 1 aromatic heterocycles. The van der Waals surface area contributed by atoms with Gasteiger partial charge in [0.2, 0.25) is 5.91 Å². The summed E-state index contributed by atoms with van der Waals surface area (Å²) >= 11 is 5.65. The van der Waals surface area contributed by atoms with Crippen molar-refractivity contribution in [2.24, 2.45) is 0 Å². The number of alkyl halides is 3. The SMILES string of the molecule is CC[C@@H](CN(Cc1ccccc1C(F)(F)F)C(=S)Nc1ccccc1)NC(=O)Cc1cncn1Cc1ccc(C#N)cc1. The number of nitriles is 1. The first kappa shape index (κ1) is 31.3. The van der Waals surface area contributed by atoms with Gasteiger partial charge in [0.25, 0.3) is 0 Å². The summed E-state index contributed by atoms with van der Waals surface area (Å²) < 4.78 is 43.2. The minimum atomic E-state index is -4.52. The Morgan fingerprint density at radius 1 is 1.07 bits per heavy atom. The molecule has 4 rings (SSSR count). The maximum Gasteiger partial charge on any atom is 0.416 e. The molecule has 0 saturated heterocycles. The highest BCUT2D eigenvalue weighted by Gasteiger charge is 2.33. The second-order valence-electron chi connectivity index (χ2n) is 10.0. The fourth-order valence-electron chi connectivity index (χ4n) is 4.59. The highest BCUT2D eigenvalue weighted by molar-refractivity contribution is 7.80. The Hall–Kier alpha value is -4.69. The van der Waals surface area contributed by atoms with Crippen LogP contribution in [0.3, 0.4) is 0 Å². The third-order valence-electron chi connectivity index (χ3n) is 6.87. The van der Waals surface area contributed by atoms with Crippen molar-refractivity contribution >= 4 is 28.9 Å². The highest BCUT2D eigenvalue weighted by atomic mass is 32.1. The topological polar surface area (TPSA) is 86.0 Å². The summed E-state index contributed by atoms with van der Waals surface area (Å²) in [6, 6.07) is 23.4. The molecule has 222 valence electrons. The van der Waals surface area contributed by atoms with E-state index < -0.39 is 17.8 Å². The van der Waals surface area contributed by atoms with E-state index in [1.807, 2.05) is 54.0 Å². The first-order valence-corrected chi connectivity index (χ1v) is 14.1. The average Bonchev–Trinajstić information content (AvgIpc) is 3.42. The number of aromatic nitrogens is 2. The second-order valence-corrected chi connectivity index (χ2v) is 10.4. The Morgan fingerprint density at radius 3 is 2.44 bits per heavy atom. The van der Waals surface area contributed by atoms with Crippen molar-refractivity contribution < 1.29 is 18.0 Å². The molecule has 0 aliphatic rings. The van der Waals surface area contributed by atoms with Crippen molar-refractivity contribution in [3.63, 3.8) is 0 Å². The molecule has 43 heavy (non-hydrogen) atoms. The van der Waals surface area contributed by atoms with Crippen LogP contribution in [-0.2, 0) is 30.5 Å². The summed E-state index contributed by atoms with van der Waals surface area (Å²) in [4.78, 5) is 19.0. The Labute approximate surface area is 254 Å². The van der Waals surface area contributed by atoms with E-state index in [0.717, 1.165) is 11.6 Å². The average molecular weight is 605 g/mol. The minimum absolute atomic E-state index is 0.0659. The Kier molecular flexibility index (Phi) is 10.5. The largest absolute Gasteiger partial charge is 0.416 e. The Balaban J connectivity index is 1.47. The fourth-order valence-corrected chi connectivity index (χ4v) is 4.85. The number of hydrogen-bond donors (Lipinski definition) is 2. The van der Waals surface area contributed by atoms with Gasteiger partial charge in [0, 0.05) is 43.3 Å². The molecule has 7 nitrogen and oxygen atoms in total. The van der Waals surface area contributed by atoms with Crippen LogP contribution in [0.15, 0.2) is 91.4 Å². The number of benzene rings is 3. The molecule has 0 spiro atoms.